The first-order valence-electron chi connectivity index (χ1n) is 8.98. The number of nitrogens with one attached hydrogen (secondary N) is 1. The second-order valence-corrected chi connectivity index (χ2v) is 6.78. The number of ether oxygens (including phenoxy) is 1. The van der Waals surface area contributed by atoms with E-state index in [1.165, 1.54) is 19.2 Å². The summed E-state index contributed by atoms with van der Waals surface area (Å²) in [6, 6.07) is 11.5. The van der Waals surface area contributed by atoms with Gasteiger partial charge in [0.25, 0.3) is 17.7 Å². The van der Waals surface area contributed by atoms with E-state index in [9.17, 15) is 19.2 Å². The average molecular weight is 396 g/mol. The smallest absolute Gasteiger partial charge is 0.355 e. The van der Waals surface area contributed by atoms with E-state index in [-0.39, 0.29) is 17.0 Å². The number of hydroxylamine groups is 2. The normalized spacial score (nSPS) is 13.9. The topological polar surface area (TPSA) is 102 Å². The minimum Gasteiger partial charge on any atom is -0.497 e. The number of carbonyl (C=O) groups excluding carboxylic acids is 4. The maximum atomic E-state index is 12.6. The first-order valence-corrected chi connectivity index (χ1v) is 8.98. The molecule has 1 unspecified atom stereocenters. The van der Waals surface area contributed by atoms with Crippen LogP contribution in [0.2, 0.25) is 0 Å². The summed E-state index contributed by atoms with van der Waals surface area (Å²) in [4.78, 5) is 55.0. The Morgan fingerprint density at radius 1 is 0.931 bits per heavy atom. The van der Waals surface area contributed by atoms with Crippen molar-refractivity contribution in [1.29, 1.82) is 0 Å². The van der Waals surface area contributed by atoms with Gasteiger partial charge in [0, 0.05) is 5.56 Å². The number of rotatable bonds is 6. The predicted molar refractivity (Wildman–Crippen MR) is 102 cm³/mol. The molecule has 0 bridgehead atoms. The summed E-state index contributed by atoms with van der Waals surface area (Å²) in [6.45, 7) is 3.42. The maximum absolute atomic E-state index is 12.6. The Labute approximate surface area is 167 Å². The van der Waals surface area contributed by atoms with Gasteiger partial charge in [-0.15, -0.1) is 0 Å². The molecule has 0 aliphatic carbocycles. The van der Waals surface area contributed by atoms with Crippen LogP contribution in [0.15, 0.2) is 48.5 Å². The van der Waals surface area contributed by atoms with Gasteiger partial charge in [-0.1, -0.05) is 31.0 Å². The number of fused-ring (bicyclic) bond motifs is 1. The third-order valence-corrected chi connectivity index (χ3v) is 4.50. The van der Waals surface area contributed by atoms with Crippen molar-refractivity contribution in [1.82, 2.24) is 10.4 Å². The molecule has 1 heterocycles. The van der Waals surface area contributed by atoms with E-state index in [1.54, 1.807) is 50.2 Å². The van der Waals surface area contributed by atoms with Crippen molar-refractivity contribution in [3.05, 3.63) is 65.2 Å². The van der Waals surface area contributed by atoms with Gasteiger partial charge in [-0.25, -0.2) is 4.79 Å². The molecule has 0 saturated carbocycles. The van der Waals surface area contributed by atoms with E-state index in [0.29, 0.717) is 16.4 Å². The van der Waals surface area contributed by atoms with E-state index in [4.69, 9.17) is 9.57 Å². The Bertz CT molecular complexity index is 932. The molecule has 8 nitrogen and oxygen atoms in total. The van der Waals surface area contributed by atoms with E-state index in [0.717, 1.165) is 0 Å². The first-order chi connectivity index (χ1) is 13.8. The Morgan fingerprint density at radius 2 is 1.48 bits per heavy atom. The summed E-state index contributed by atoms with van der Waals surface area (Å²) in [5, 5.41) is 3.02. The Morgan fingerprint density at radius 3 is 1.97 bits per heavy atom. The molecular formula is C21H20N2O6. The molecule has 3 rings (SSSR count). The lowest BCUT2D eigenvalue weighted by molar-refractivity contribution is -0.172. The van der Waals surface area contributed by atoms with Crippen LogP contribution in [0.3, 0.4) is 0 Å². The van der Waals surface area contributed by atoms with Gasteiger partial charge in [-0.05, 0) is 42.3 Å². The lowest BCUT2D eigenvalue weighted by atomic mass is 10.0. The predicted octanol–water partition coefficient (Wildman–Crippen LogP) is 2.20. The van der Waals surface area contributed by atoms with Crippen LogP contribution >= 0.6 is 0 Å². The zero-order valence-electron chi connectivity index (χ0n) is 16.2. The molecule has 3 amide bonds. The average Bonchev–Trinajstić information content (AvgIpc) is 2.96. The van der Waals surface area contributed by atoms with Crippen molar-refractivity contribution < 1.29 is 28.8 Å². The molecule has 1 atom stereocenters. The highest BCUT2D eigenvalue weighted by atomic mass is 16.7. The van der Waals surface area contributed by atoms with Crippen molar-refractivity contribution in [3.63, 3.8) is 0 Å². The van der Waals surface area contributed by atoms with Crippen molar-refractivity contribution in [2.45, 2.75) is 19.9 Å². The van der Waals surface area contributed by atoms with Gasteiger partial charge in [0.2, 0.25) is 0 Å². The van der Waals surface area contributed by atoms with E-state index in [2.05, 4.69) is 5.32 Å². The van der Waals surface area contributed by atoms with Gasteiger partial charge in [-0.3, -0.25) is 14.4 Å². The lowest BCUT2D eigenvalue weighted by Gasteiger charge is -2.22. The van der Waals surface area contributed by atoms with Crippen molar-refractivity contribution in [2.24, 2.45) is 5.92 Å². The summed E-state index contributed by atoms with van der Waals surface area (Å²) in [5.41, 5.74) is 0.646. The van der Waals surface area contributed by atoms with E-state index >= 15 is 0 Å². The van der Waals surface area contributed by atoms with Crippen LogP contribution in [0.5, 0.6) is 5.75 Å². The molecule has 0 saturated heterocycles. The van der Waals surface area contributed by atoms with E-state index in [1.807, 2.05) is 0 Å². The van der Waals surface area contributed by atoms with Crippen LogP contribution in [0, 0.1) is 5.92 Å². The quantitative estimate of drug-likeness (QED) is 0.751. The third-order valence-electron chi connectivity index (χ3n) is 4.50. The standard InChI is InChI=1S/C21H20N2O6/c1-12(2)17(22-18(24)13-8-10-14(28-3)11-9-13)21(27)29-23-19(25)15-6-4-5-7-16(15)20(23)26/h4-12,17H,1-3H3,(H,22,24). The Balaban J connectivity index is 1.72. The van der Waals surface area contributed by atoms with E-state index < -0.39 is 29.7 Å². The van der Waals surface area contributed by atoms with Crippen molar-refractivity contribution in [3.8, 4) is 5.75 Å². The molecule has 2 aromatic carbocycles. The second kappa shape index (κ2) is 8.14. The van der Waals surface area contributed by atoms with Crippen molar-refractivity contribution in [2.75, 3.05) is 7.11 Å². The molecule has 8 heteroatoms. The highest BCUT2D eigenvalue weighted by molar-refractivity contribution is 6.21. The SMILES string of the molecule is COc1ccc(C(=O)NC(C(=O)ON2C(=O)c3ccccc3C2=O)C(C)C)cc1. The minimum atomic E-state index is -1.06. The fourth-order valence-corrected chi connectivity index (χ4v) is 2.86. The van der Waals surface area contributed by atoms with Crippen LogP contribution in [0.4, 0.5) is 0 Å². The summed E-state index contributed by atoms with van der Waals surface area (Å²) in [6.07, 6.45) is 0. The summed E-state index contributed by atoms with van der Waals surface area (Å²) in [7, 11) is 1.51. The summed E-state index contributed by atoms with van der Waals surface area (Å²) >= 11 is 0. The molecule has 1 aliphatic heterocycles. The molecule has 2 aromatic rings. The molecule has 29 heavy (non-hydrogen) atoms. The third kappa shape index (κ3) is 3.96. The fraction of sp³-hybridized carbons (Fsp3) is 0.238. The zero-order chi connectivity index (χ0) is 21.1. The van der Waals surface area contributed by atoms with Crippen LogP contribution in [-0.4, -0.2) is 41.9 Å². The maximum Gasteiger partial charge on any atom is 0.355 e. The van der Waals surface area contributed by atoms with Gasteiger partial charge >= 0.3 is 5.97 Å². The molecule has 0 spiro atoms. The van der Waals surface area contributed by atoms with Gasteiger partial charge in [0.05, 0.1) is 18.2 Å². The number of imide groups is 1. The minimum absolute atomic E-state index is 0.161. The lowest BCUT2D eigenvalue weighted by Crippen LogP contribution is -2.48. The van der Waals surface area contributed by atoms with Crippen LogP contribution in [0.1, 0.15) is 44.9 Å². The number of benzene rings is 2. The summed E-state index contributed by atoms with van der Waals surface area (Å²) in [5.74, 6) is -2.60. The largest absolute Gasteiger partial charge is 0.497 e. The van der Waals surface area contributed by atoms with Crippen LogP contribution in [-0.2, 0) is 9.63 Å². The van der Waals surface area contributed by atoms with Crippen LogP contribution in [0.25, 0.3) is 0 Å². The van der Waals surface area contributed by atoms with Crippen LogP contribution < -0.4 is 10.1 Å². The molecule has 0 fully saturated rings. The van der Waals surface area contributed by atoms with Gasteiger partial charge in [-0.2, -0.15) is 0 Å². The highest BCUT2D eigenvalue weighted by Crippen LogP contribution is 2.23. The number of hydrogen-bond donors (Lipinski definition) is 1. The van der Waals surface area contributed by atoms with Gasteiger partial charge in [0.1, 0.15) is 11.8 Å². The monoisotopic (exact) mass is 396 g/mol. The zero-order valence-corrected chi connectivity index (χ0v) is 16.2. The fourth-order valence-electron chi connectivity index (χ4n) is 2.86. The van der Waals surface area contributed by atoms with Gasteiger partial charge in [0.15, 0.2) is 0 Å². The number of amides is 3. The van der Waals surface area contributed by atoms with Crippen molar-refractivity contribution >= 4 is 23.7 Å². The molecule has 1 aliphatic rings. The number of hydrogen-bond acceptors (Lipinski definition) is 6. The highest BCUT2D eigenvalue weighted by Gasteiger charge is 2.40. The molecular weight excluding hydrogens is 376 g/mol. The first kappa shape index (κ1) is 20.1. The molecule has 0 aromatic heterocycles. The second-order valence-electron chi connectivity index (χ2n) is 6.78. The number of methoxy groups -OCH3 is 1. The number of nitrogens with zero attached hydrogens (tertiary/aromatic N) is 1. The number of carbonyl (C=O) groups is 4. The molecule has 0 radical (unpaired) electrons. The van der Waals surface area contributed by atoms with Gasteiger partial charge < -0.3 is 14.9 Å². The summed E-state index contributed by atoms with van der Waals surface area (Å²) < 4.78 is 5.05. The molecule has 150 valence electrons. The molecule has 1 N–H and O–H groups in total. The Kier molecular flexibility index (Phi) is 5.63. The Hall–Kier alpha value is -3.68.